The lowest BCUT2D eigenvalue weighted by molar-refractivity contribution is -0.0470. The van der Waals surface area contributed by atoms with Gasteiger partial charge in [-0.1, -0.05) is 74.5 Å². The zero-order valence-electron chi connectivity index (χ0n) is 17.1. The van der Waals surface area contributed by atoms with Crippen molar-refractivity contribution in [2.75, 3.05) is 0 Å². The summed E-state index contributed by atoms with van der Waals surface area (Å²) in [5.74, 6) is 1.06. The van der Waals surface area contributed by atoms with E-state index >= 15 is 0 Å². The van der Waals surface area contributed by atoms with E-state index in [1.54, 1.807) is 0 Å². The van der Waals surface area contributed by atoms with Gasteiger partial charge in [0.05, 0.1) is 0 Å². The molecule has 0 saturated heterocycles. The molecule has 4 aromatic carbocycles. The largest absolute Gasteiger partial charge is 0.444 e. The molecule has 4 aromatic rings. The Bertz CT molecular complexity index is 1370. The maximum atomic E-state index is 6.63. The molecule has 2 heteroatoms. The Balaban J connectivity index is 1.54. The molecule has 0 bridgehead atoms. The average Bonchev–Trinajstić information content (AvgIpc) is 2.78. The SMILES string of the molecule is CC(C)C1=Cc2c(ccc3ccccc23)OC12C=Cc1c(ccc3ccccc13)O2. The van der Waals surface area contributed by atoms with Crippen molar-refractivity contribution in [1.29, 1.82) is 0 Å². The van der Waals surface area contributed by atoms with Crippen LogP contribution in [0.2, 0.25) is 0 Å². The van der Waals surface area contributed by atoms with Gasteiger partial charge in [0.2, 0.25) is 0 Å². The van der Waals surface area contributed by atoms with Gasteiger partial charge in [-0.3, -0.25) is 0 Å². The van der Waals surface area contributed by atoms with Crippen LogP contribution in [0.5, 0.6) is 11.5 Å². The van der Waals surface area contributed by atoms with Gasteiger partial charge in [-0.2, -0.15) is 0 Å². The van der Waals surface area contributed by atoms with Crippen molar-refractivity contribution in [3.63, 3.8) is 0 Å². The predicted octanol–water partition coefficient (Wildman–Crippen LogP) is 7.23. The van der Waals surface area contributed by atoms with Crippen LogP contribution >= 0.6 is 0 Å². The highest BCUT2D eigenvalue weighted by Crippen LogP contribution is 2.47. The highest BCUT2D eigenvalue weighted by molar-refractivity contribution is 5.96. The van der Waals surface area contributed by atoms with Crippen molar-refractivity contribution in [1.82, 2.24) is 0 Å². The molecule has 0 amide bonds. The van der Waals surface area contributed by atoms with Crippen molar-refractivity contribution in [2.24, 2.45) is 5.92 Å². The molecule has 2 nitrogen and oxygen atoms in total. The van der Waals surface area contributed by atoms with E-state index in [1.165, 1.54) is 21.5 Å². The Kier molecular flexibility index (Phi) is 3.61. The van der Waals surface area contributed by atoms with Crippen molar-refractivity contribution >= 4 is 33.7 Å². The quantitative estimate of drug-likeness (QED) is 0.341. The van der Waals surface area contributed by atoms with E-state index in [9.17, 15) is 0 Å². The van der Waals surface area contributed by atoms with Crippen LogP contribution in [0.4, 0.5) is 0 Å². The summed E-state index contributed by atoms with van der Waals surface area (Å²) >= 11 is 0. The highest BCUT2D eigenvalue weighted by Gasteiger charge is 2.43. The lowest BCUT2D eigenvalue weighted by atomic mass is 9.86. The average molecular weight is 390 g/mol. The molecule has 2 aliphatic heterocycles. The van der Waals surface area contributed by atoms with E-state index < -0.39 is 5.79 Å². The van der Waals surface area contributed by atoms with Crippen LogP contribution in [0.15, 0.2) is 84.4 Å². The predicted molar refractivity (Wildman–Crippen MR) is 124 cm³/mol. The van der Waals surface area contributed by atoms with Crippen LogP contribution in [0, 0.1) is 5.92 Å². The molecular weight excluding hydrogens is 368 g/mol. The smallest absolute Gasteiger partial charge is 0.295 e. The molecule has 30 heavy (non-hydrogen) atoms. The van der Waals surface area contributed by atoms with Gasteiger partial charge >= 0.3 is 0 Å². The second-order valence-corrected chi connectivity index (χ2v) is 8.36. The summed E-state index contributed by atoms with van der Waals surface area (Å²) in [6.07, 6.45) is 6.50. The van der Waals surface area contributed by atoms with Crippen LogP contribution in [-0.4, -0.2) is 5.79 Å². The number of hydrogen-bond acceptors (Lipinski definition) is 2. The molecule has 0 aromatic heterocycles. The minimum absolute atomic E-state index is 0.267. The van der Waals surface area contributed by atoms with E-state index in [0.717, 1.165) is 28.2 Å². The number of rotatable bonds is 1. The van der Waals surface area contributed by atoms with Crippen LogP contribution in [0.1, 0.15) is 25.0 Å². The summed E-state index contributed by atoms with van der Waals surface area (Å²) in [6.45, 7) is 4.39. The first-order chi connectivity index (χ1) is 14.6. The second-order valence-electron chi connectivity index (χ2n) is 8.36. The topological polar surface area (TPSA) is 18.5 Å². The van der Waals surface area contributed by atoms with Gasteiger partial charge in [0, 0.05) is 22.8 Å². The summed E-state index contributed by atoms with van der Waals surface area (Å²) in [7, 11) is 0. The normalized spacial score (nSPS) is 19.4. The molecule has 2 aliphatic rings. The van der Waals surface area contributed by atoms with Gasteiger partial charge in [-0.25, -0.2) is 0 Å². The third-order valence-corrected chi connectivity index (χ3v) is 6.18. The molecule has 1 atom stereocenters. The van der Waals surface area contributed by atoms with Gasteiger partial charge in [-0.05, 0) is 51.7 Å². The molecule has 0 N–H and O–H groups in total. The van der Waals surface area contributed by atoms with Gasteiger partial charge in [-0.15, -0.1) is 0 Å². The Hall–Kier alpha value is -3.52. The van der Waals surface area contributed by atoms with E-state index in [-0.39, 0.29) is 5.92 Å². The van der Waals surface area contributed by atoms with Crippen LogP contribution < -0.4 is 9.47 Å². The summed E-state index contributed by atoms with van der Waals surface area (Å²) in [4.78, 5) is 0. The lowest BCUT2D eigenvalue weighted by Gasteiger charge is -2.41. The fourth-order valence-corrected chi connectivity index (χ4v) is 4.70. The van der Waals surface area contributed by atoms with Gasteiger partial charge < -0.3 is 9.47 Å². The molecule has 0 aliphatic carbocycles. The fourth-order valence-electron chi connectivity index (χ4n) is 4.70. The molecular formula is C28H22O2. The lowest BCUT2D eigenvalue weighted by Crippen LogP contribution is -2.46. The van der Waals surface area contributed by atoms with Crippen molar-refractivity contribution < 1.29 is 9.47 Å². The molecule has 0 radical (unpaired) electrons. The Morgan fingerprint density at radius 1 is 0.667 bits per heavy atom. The molecule has 0 fully saturated rings. The maximum Gasteiger partial charge on any atom is 0.295 e. The number of hydrogen-bond donors (Lipinski definition) is 0. The zero-order valence-corrected chi connectivity index (χ0v) is 17.1. The number of ether oxygens (including phenoxy) is 2. The first-order valence-electron chi connectivity index (χ1n) is 10.5. The molecule has 1 spiro atoms. The summed E-state index contributed by atoms with van der Waals surface area (Å²) in [5.41, 5.74) is 3.36. The van der Waals surface area contributed by atoms with E-state index in [1.807, 2.05) is 0 Å². The van der Waals surface area contributed by atoms with E-state index in [0.29, 0.717) is 0 Å². The molecule has 6 rings (SSSR count). The van der Waals surface area contributed by atoms with E-state index in [2.05, 4.69) is 105 Å². The molecule has 0 saturated carbocycles. The maximum absolute atomic E-state index is 6.63. The van der Waals surface area contributed by atoms with Crippen LogP contribution in [-0.2, 0) is 0 Å². The van der Waals surface area contributed by atoms with Gasteiger partial charge in [0.15, 0.2) is 0 Å². The minimum Gasteiger partial charge on any atom is -0.444 e. The second kappa shape index (κ2) is 6.24. The summed E-state index contributed by atoms with van der Waals surface area (Å²) in [5, 5.41) is 4.82. The first kappa shape index (κ1) is 17.3. The number of fused-ring (bicyclic) bond motifs is 6. The minimum atomic E-state index is -0.918. The van der Waals surface area contributed by atoms with Crippen LogP contribution in [0.25, 0.3) is 33.7 Å². The number of benzene rings is 4. The Morgan fingerprint density at radius 2 is 1.23 bits per heavy atom. The molecule has 1 unspecified atom stereocenters. The zero-order chi connectivity index (χ0) is 20.3. The standard InChI is InChI=1S/C28H22O2/c1-18(2)25-17-24-22-10-6-4-8-20(22)12-14-27(24)30-28(25)16-15-23-21-9-5-3-7-19(21)11-13-26(23)29-28/h3-18H,1-2H3. The van der Waals surface area contributed by atoms with E-state index in [4.69, 9.17) is 9.47 Å². The van der Waals surface area contributed by atoms with Crippen molar-refractivity contribution in [3.05, 3.63) is 95.6 Å². The van der Waals surface area contributed by atoms with Crippen molar-refractivity contribution in [2.45, 2.75) is 19.6 Å². The summed E-state index contributed by atoms with van der Waals surface area (Å²) in [6, 6.07) is 25.2. The van der Waals surface area contributed by atoms with Crippen molar-refractivity contribution in [3.8, 4) is 11.5 Å². The molecule has 2 heterocycles. The third-order valence-electron chi connectivity index (χ3n) is 6.18. The Morgan fingerprint density at radius 3 is 1.87 bits per heavy atom. The highest BCUT2D eigenvalue weighted by atomic mass is 16.7. The molecule has 146 valence electrons. The fraction of sp³-hybridized carbons (Fsp3) is 0.143. The first-order valence-corrected chi connectivity index (χ1v) is 10.5. The van der Waals surface area contributed by atoms with Crippen LogP contribution in [0.3, 0.4) is 0 Å². The monoisotopic (exact) mass is 390 g/mol. The van der Waals surface area contributed by atoms with Gasteiger partial charge in [0.1, 0.15) is 11.5 Å². The third kappa shape index (κ3) is 2.43. The summed E-state index contributed by atoms with van der Waals surface area (Å²) < 4.78 is 13.3. The Labute approximate surface area is 176 Å². The van der Waals surface area contributed by atoms with Gasteiger partial charge in [0.25, 0.3) is 5.79 Å².